The maximum absolute atomic E-state index is 12.6. The van der Waals surface area contributed by atoms with E-state index in [1.165, 1.54) is 0 Å². The van der Waals surface area contributed by atoms with Crippen molar-refractivity contribution in [3.8, 4) is 5.75 Å². The molecule has 0 atom stereocenters. The molecule has 4 heteroatoms. The lowest BCUT2D eigenvalue weighted by atomic mass is 10.1. The van der Waals surface area contributed by atoms with Crippen LogP contribution in [0.1, 0.15) is 34.2 Å². The van der Waals surface area contributed by atoms with Crippen LogP contribution in [0.4, 0.5) is 0 Å². The Labute approximate surface area is 125 Å². The van der Waals surface area contributed by atoms with Crippen molar-refractivity contribution >= 4 is 5.91 Å². The third kappa shape index (κ3) is 3.40. The van der Waals surface area contributed by atoms with Gasteiger partial charge in [0.25, 0.3) is 5.91 Å². The lowest BCUT2D eigenvalue weighted by molar-refractivity contribution is 0.0747. The molecule has 2 aromatic rings. The van der Waals surface area contributed by atoms with Gasteiger partial charge in [-0.05, 0) is 44.5 Å². The summed E-state index contributed by atoms with van der Waals surface area (Å²) in [4.78, 5) is 18.7. The fourth-order valence-corrected chi connectivity index (χ4v) is 2.21. The lowest BCUT2D eigenvalue weighted by Gasteiger charge is -2.21. The van der Waals surface area contributed by atoms with Crippen molar-refractivity contribution in [2.45, 2.75) is 27.3 Å². The summed E-state index contributed by atoms with van der Waals surface area (Å²) in [6.07, 6.45) is 0. The second kappa shape index (κ2) is 6.39. The number of aromatic hydroxyl groups is 1. The molecule has 0 saturated heterocycles. The highest BCUT2D eigenvalue weighted by Crippen LogP contribution is 2.23. The number of phenols is 1. The molecule has 0 unspecified atom stereocenters. The van der Waals surface area contributed by atoms with Crippen LogP contribution in [0.25, 0.3) is 0 Å². The van der Waals surface area contributed by atoms with Gasteiger partial charge in [-0.15, -0.1) is 0 Å². The minimum absolute atomic E-state index is 0.0538. The largest absolute Gasteiger partial charge is 0.507 e. The Bertz CT molecular complexity index is 653. The second-order valence-corrected chi connectivity index (χ2v) is 5.06. The molecular formula is C17H20N2O2. The Morgan fingerprint density at radius 1 is 1.19 bits per heavy atom. The van der Waals surface area contributed by atoms with E-state index in [4.69, 9.17) is 0 Å². The van der Waals surface area contributed by atoms with E-state index in [1.807, 2.05) is 32.0 Å². The summed E-state index contributed by atoms with van der Waals surface area (Å²) in [5, 5.41) is 10.1. The zero-order chi connectivity index (χ0) is 15.4. The van der Waals surface area contributed by atoms with Gasteiger partial charge in [-0.2, -0.15) is 0 Å². The normalized spacial score (nSPS) is 10.4. The quantitative estimate of drug-likeness (QED) is 0.938. The molecule has 0 radical (unpaired) electrons. The molecule has 1 aromatic carbocycles. The van der Waals surface area contributed by atoms with Crippen LogP contribution in [0.2, 0.25) is 0 Å². The number of nitrogens with zero attached hydrogens (tertiary/aromatic N) is 2. The summed E-state index contributed by atoms with van der Waals surface area (Å²) >= 11 is 0. The van der Waals surface area contributed by atoms with Crippen LogP contribution in [0.3, 0.4) is 0 Å². The maximum atomic E-state index is 12.6. The van der Waals surface area contributed by atoms with E-state index in [0.29, 0.717) is 24.2 Å². The number of carbonyl (C=O) groups excluding carboxylic acids is 1. The van der Waals surface area contributed by atoms with Gasteiger partial charge in [-0.3, -0.25) is 9.78 Å². The molecule has 0 aliphatic rings. The Balaban J connectivity index is 2.25. The summed E-state index contributed by atoms with van der Waals surface area (Å²) in [7, 11) is 0. The molecule has 0 saturated carbocycles. The van der Waals surface area contributed by atoms with Gasteiger partial charge >= 0.3 is 0 Å². The minimum atomic E-state index is -0.179. The number of pyridine rings is 1. The van der Waals surface area contributed by atoms with Gasteiger partial charge in [-0.1, -0.05) is 18.2 Å². The smallest absolute Gasteiger partial charge is 0.257 e. The summed E-state index contributed by atoms with van der Waals surface area (Å²) in [5.41, 5.74) is 2.81. The highest BCUT2D eigenvalue weighted by Gasteiger charge is 2.19. The Kier molecular flexibility index (Phi) is 4.58. The van der Waals surface area contributed by atoms with E-state index >= 15 is 0 Å². The van der Waals surface area contributed by atoms with Gasteiger partial charge in [0.2, 0.25) is 0 Å². The first-order valence-electron chi connectivity index (χ1n) is 7.03. The van der Waals surface area contributed by atoms with Crippen LogP contribution in [0.15, 0.2) is 36.4 Å². The SMILES string of the molecule is CCN(Cc1cccc(C)n1)C(=O)c1cccc(C)c1O. The molecule has 0 bridgehead atoms. The van der Waals surface area contributed by atoms with E-state index in [9.17, 15) is 9.90 Å². The Morgan fingerprint density at radius 3 is 2.57 bits per heavy atom. The van der Waals surface area contributed by atoms with Crippen molar-refractivity contribution in [3.63, 3.8) is 0 Å². The predicted molar refractivity (Wildman–Crippen MR) is 82.2 cm³/mol. The first kappa shape index (κ1) is 15.0. The molecule has 21 heavy (non-hydrogen) atoms. The molecule has 0 aliphatic carbocycles. The first-order chi connectivity index (χ1) is 10.0. The molecule has 1 amide bonds. The van der Waals surface area contributed by atoms with Crippen molar-refractivity contribution in [3.05, 3.63) is 58.9 Å². The van der Waals surface area contributed by atoms with Crippen LogP contribution in [-0.2, 0) is 6.54 Å². The number of benzene rings is 1. The highest BCUT2D eigenvalue weighted by atomic mass is 16.3. The fourth-order valence-electron chi connectivity index (χ4n) is 2.21. The van der Waals surface area contributed by atoms with E-state index < -0.39 is 0 Å². The standard InChI is InChI=1S/C17H20N2O2/c1-4-19(11-14-9-6-8-13(3)18-14)17(21)15-10-5-7-12(2)16(15)20/h5-10,20H,4,11H2,1-3H3. The molecule has 110 valence electrons. The molecule has 1 aromatic heterocycles. The number of rotatable bonds is 4. The molecule has 0 spiro atoms. The number of para-hydroxylation sites is 1. The van der Waals surface area contributed by atoms with E-state index in [1.54, 1.807) is 30.0 Å². The van der Waals surface area contributed by atoms with Crippen LogP contribution < -0.4 is 0 Å². The van der Waals surface area contributed by atoms with Gasteiger partial charge in [0.05, 0.1) is 17.8 Å². The number of carbonyl (C=O) groups is 1. The summed E-state index contributed by atoms with van der Waals surface area (Å²) < 4.78 is 0. The summed E-state index contributed by atoms with van der Waals surface area (Å²) in [6.45, 7) is 6.62. The van der Waals surface area contributed by atoms with Crippen LogP contribution in [0.5, 0.6) is 5.75 Å². The molecule has 2 rings (SSSR count). The third-order valence-electron chi connectivity index (χ3n) is 3.44. The van der Waals surface area contributed by atoms with Gasteiger partial charge in [0.1, 0.15) is 5.75 Å². The van der Waals surface area contributed by atoms with Crippen LogP contribution in [0, 0.1) is 13.8 Å². The second-order valence-electron chi connectivity index (χ2n) is 5.06. The number of phenolic OH excluding ortho intramolecular Hbond substituents is 1. The Morgan fingerprint density at radius 2 is 1.90 bits per heavy atom. The summed E-state index contributed by atoms with van der Waals surface area (Å²) in [5.74, 6) is -0.125. The topological polar surface area (TPSA) is 53.4 Å². The number of aryl methyl sites for hydroxylation is 2. The third-order valence-corrected chi connectivity index (χ3v) is 3.44. The zero-order valence-electron chi connectivity index (χ0n) is 12.6. The molecule has 1 heterocycles. The molecule has 0 fully saturated rings. The number of aromatic nitrogens is 1. The van der Waals surface area contributed by atoms with Crippen molar-refractivity contribution in [2.75, 3.05) is 6.54 Å². The van der Waals surface area contributed by atoms with Crippen molar-refractivity contribution < 1.29 is 9.90 Å². The predicted octanol–water partition coefficient (Wildman–Crippen LogP) is 3.07. The summed E-state index contributed by atoms with van der Waals surface area (Å²) in [6, 6.07) is 11.0. The van der Waals surface area contributed by atoms with Crippen LogP contribution in [-0.4, -0.2) is 27.4 Å². The average Bonchev–Trinajstić information content (AvgIpc) is 2.47. The minimum Gasteiger partial charge on any atom is -0.507 e. The van der Waals surface area contributed by atoms with Crippen molar-refractivity contribution in [1.82, 2.24) is 9.88 Å². The van der Waals surface area contributed by atoms with E-state index in [-0.39, 0.29) is 11.7 Å². The van der Waals surface area contributed by atoms with Gasteiger partial charge in [0.15, 0.2) is 0 Å². The first-order valence-corrected chi connectivity index (χ1v) is 7.03. The maximum Gasteiger partial charge on any atom is 0.257 e. The number of hydrogen-bond donors (Lipinski definition) is 1. The van der Waals surface area contributed by atoms with E-state index in [0.717, 1.165) is 11.4 Å². The van der Waals surface area contributed by atoms with Gasteiger partial charge < -0.3 is 10.0 Å². The molecule has 1 N–H and O–H groups in total. The van der Waals surface area contributed by atoms with Crippen LogP contribution >= 0.6 is 0 Å². The molecule has 4 nitrogen and oxygen atoms in total. The molecule has 0 aliphatic heterocycles. The van der Waals surface area contributed by atoms with E-state index in [2.05, 4.69) is 4.98 Å². The lowest BCUT2D eigenvalue weighted by Crippen LogP contribution is -2.30. The fraction of sp³-hybridized carbons (Fsp3) is 0.294. The van der Waals surface area contributed by atoms with Crippen molar-refractivity contribution in [2.24, 2.45) is 0 Å². The number of hydrogen-bond acceptors (Lipinski definition) is 3. The monoisotopic (exact) mass is 284 g/mol. The average molecular weight is 284 g/mol. The number of amides is 1. The molecular weight excluding hydrogens is 264 g/mol. The van der Waals surface area contributed by atoms with Crippen molar-refractivity contribution in [1.29, 1.82) is 0 Å². The van der Waals surface area contributed by atoms with Gasteiger partial charge in [0, 0.05) is 12.2 Å². The van der Waals surface area contributed by atoms with Gasteiger partial charge in [-0.25, -0.2) is 0 Å². The zero-order valence-corrected chi connectivity index (χ0v) is 12.6. The highest BCUT2D eigenvalue weighted by molar-refractivity contribution is 5.97. The Hall–Kier alpha value is -2.36.